The van der Waals surface area contributed by atoms with E-state index in [1.807, 2.05) is 26.1 Å². The molecule has 2 aromatic heterocycles. The van der Waals surface area contributed by atoms with Crippen molar-refractivity contribution in [3.05, 3.63) is 34.2 Å². The Morgan fingerprint density at radius 3 is 2.89 bits per heavy atom. The first-order valence-corrected chi connectivity index (χ1v) is 6.75. The lowest BCUT2D eigenvalue weighted by molar-refractivity contribution is 0.386. The first kappa shape index (κ1) is 14.0. The Kier molecular flexibility index (Phi) is 4.49. The van der Waals surface area contributed by atoms with Crippen molar-refractivity contribution in [1.29, 1.82) is 0 Å². The fraction of sp³-hybridized carbons (Fsp3) is 0.417. The number of rotatable bonds is 5. The number of aromatic nitrogens is 4. The van der Waals surface area contributed by atoms with Crippen molar-refractivity contribution in [3.63, 3.8) is 0 Å². The van der Waals surface area contributed by atoms with E-state index in [4.69, 9.17) is 4.74 Å². The molecule has 0 aliphatic carbocycles. The van der Waals surface area contributed by atoms with Gasteiger partial charge in [0.1, 0.15) is 0 Å². The van der Waals surface area contributed by atoms with Gasteiger partial charge < -0.3 is 10.1 Å². The Hall–Kier alpha value is -1.47. The van der Waals surface area contributed by atoms with Gasteiger partial charge in [-0.1, -0.05) is 18.2 Å². The highest BCUT2D eigenvalue weighted by Gasteiger charge is 2.24. The summed E-state index contributed by atoms with van der Waals surface area (Å²) in [6.45, 7) is 2.86. The maximum Gasteiger partial charge on any atom is 0.218 e. The van der Waals surface area contributed by atoms with E-state index in [0.29, 0.717) is 10.5 Å². The van der Waals surface area contributed by atoms with Crippen molar-refractivity contribution >= 4 is 15.9 Å². The van der Waals surface area contributed by atoms with E-state index in [1.165, 1.54) is 0 Å². The molecule has 102 valence electrons. The van der Waals surface area contributed by atoms with Crippen molar-refractivity contribution in [2.75, 3.05) is 13.7 Å². The van der Waals surface area contributed by atoms with Gasteiger partial charge >= 0.3 is 0 Å². The molecule has 0 bridgehead atoms. The van der Waals surface area contributed by atoms with Gasteiger partial charge in [-0.3, -0.25) is 0 Å². The van der Waals surface area contributed by atoms with E-state index in [9.17, 15) is 0 Å². The molecule has 2 heterocycles. The minimum absolute atomic E-state index is 0.0805. The van der Waals surface area contributed by atoms with Crippen LogP contribution in [0.15, 0.2) is 22.9 Å². The summed E-state index contributed by atoms with van der Waals surface area (Å²) in [6, 6.07) is 3.79. The number of hydrogen-bond donors (Lipinski definition) is 1. The van der Waals surface area contributed by atoms with Crippen LogP contribution in [-0.2, 0) is 7.05 Å². The van der Waals surface area contributed by atoms with E-state index in [2.05, 4.69) is 36.5 Å². The summed E-state index contributed by atoms with van der Waals surface area (Å²) in [5.41, 5.74) is 1.89. The SMILES string of the molecule is CCNC(c1cccnc1OC)c1c(Br)nnn1C. The Balaban J connectivity index is 2.51. The van der Waals surface area contributed by atoms with Crippen molar-refractivity contribution in [2.45, 2.75) is 13.0 Å². The lowest BCUT2D eigenvalue weighted by Gasteiger charge is -2.20. The maximum atomic E-state index is 5.33. The van der Waals surface area contributed by atoms with E-state index in [0.717, 1.165) is 17.8 Å². The van der Waals surface area contributed by atoms with E-state index in [1.54, 1.807) is 18.0 Å². The number of ether oxygens (including phenoxy) is 1. The molecule has 0 aliphatic heterocycles. The van der Waals surface area contributed by atoms with Crippen LogP contribution < -0.4 is 10.1 Å². The summed E-state index contributed by atoms with van der Waals surface area (Å²) in [5.74, 6) is 0.599. The molecule has 0 saturated carbocycles. The van der Waals surface area contributed by atoms with Crippen LogP contribution in [0.3, 0.4) is 0 Å². The molecule has 0 amide bonds. The largest absolute Gasteiger partial charge is 0.481 e. The molecular formula is C12H16BrN5O. The van der Waals surface area contributed by atoms with E-state index in [-0.39, 0.29) is 6.04 Å². The highest BCUT2D eigenvalue weighted by Crippen LogP contribution is 2.30. The molecule has 1 N–H and O–H groups in total. The summed E-state index contributed by atoms with van der Waals surface area (Å²) in [6.07, 6.45) is 1.71. The minimum atomic E-state index is -0.0805. The first-order valence-electron chi connectivity index (χ1n) is 5.96. The second-order valence-electron chi connectivity index (χ2n) is 3.98. The molecule has 0 fully saturated rings. The number of nitrogens with zero attached hydrogens (tertiary/aromatic N) is 4. The molecule has 1 atom stereocenters. The van der Waals surface area contributed by atoms with Gasteiger partial charge in [-0.15, -0.1) is 5.10 Å². The van der Waals surface area contributed by atoms with Gasteiger partial charge in [-0.25, -0.2) is 9.67 Å². The number of hydrogen-bond acceptors (Lipinski definition) is 5. The number of aryl methyl sites for hydroxylation is 1. The van der Waals surface area contributed by atoms with Crippen LogP contribution >= 0.6 is 15.9 Å². The summed E-state index contributed by atoms with van der Waals surface area (Å²) >= 11 is 3.44. The molecule has 7 heteroatoms. The standard InChI is InChI=1S/C12H16BrN5O/c1-4-14-9(10-11(13)16-17-18(10)2)8-6-5-7-15-12(8)19-3/h5-7,9,14H,4H2,1-3H3. The summed E-state index contributed by atoms with van der Waals surface area (Å²) in [7, 11) is 3.48. The fourth-order valence-electron chi connectivity index (χ4n) is 2.00. The van der Waals surface area contributed by atoms with Crippen molar-refractivity contribution in [3.8, 4) is 5.88 Å². The third-order valence-corrected chi connectivity index (χ3v) is 3.38. The molecule has 19 heavy (non-hydrogen) atoms. The van der Waals surface area contributed by atoms with E-state index < -0.39 is 0 Å². The fourth-order valence-corrected chi connectivity index (χ4v) is 2.55. The highest BCUT2D eigenvalue weighted by atomic mass is 79.9. The monoisotopic (exact) mass is 325 g/mol. The molecule has 0 aliphatic rings. The zero-order chi connectivity index (χ0) is 13.8. The predicted octanol–water partition coefficient (Wildman–Crippen LogP) is 1.68. The third kappa shape index (κ3) is 2.76. The van der Waals surface area contributed by atoms with Gasteiger partial charge in [-0.2, -0.15) is 0 Å². The average Bonchev–Trinajstić information content (AvgIpc) is 2.76. The smallest absolute Gasteiger partial charge is 0.218 e. The van der Waals surface area contributed by atoms with Gasteiger partial charge in [0.2, 0.25) is 5.88 Å². The Morgan fingerprint density at radius 2 is 2.32 bits per heavy atom. The predicted molar refractivity (Wildman–Crippen MR) is 75.0 cm³/mol. The summed E-state index contributed by atoms with van der Waals surface area (Å²) in [5, 5.41) is 11.5. The molecular weight excluding hydrogens is 310 g/mol. The lowest BCUT2D eigenvalue weighted by atomic mass is 10.1. The van der Waals surface area contributed by atoms with Crippen LogP contribution in [0.1, 0.15) is 24.2 Å². The highest BCUT2D eigenvalue weighted by molar-refractivity contribution is 9.10. The van der Waals surface area contributed by atoms with Crippen LogP contribution in [0.5, 0.6) is 5.88 Å². The third-order valence-electron chi connectivity index (χ3n) is 2.81. The number of methoxy groups -OCH3 is 1. The van der Waals surface area contributed by atoms with Crippen LogP contribution in [0, 0.1) is 0 Å². The van der Waals surface area contributed by atoms with Crippen LogP contribution in [-0.4, -0.2) is 33.6 Å². The maximum absolute atomic E-state index is 5.33. The zero-order valence-electron chi connectivity index (χ0n) is 11.1. The Bertz CT molecular complexity index is 537. The first-order chi connectivity index (χ1) is 9.19. The van der Waals surface area contributed by atoms with Crippen molar-refractivity contribution < 1.29 is 4.74 Å². The van der Waals surface area contributed by atoms with Gasteiger partial charge in [0, 0.05) is 18.8 Å². The van der Waals surface area contributed by atoms with E-state index >= 15 is 0 Å². The summed E-state index contributed by atoms with van der Waals surface area (Å²) in [4.78, 5) is 4.24. The minimum Gasteiger partial charge on any atom is -0.481 e. The van der Waals surface area contributed by atoms with Gasteiger partial charge in [0.15, 0.2) is 4.60 Å². The second kappa shape index (κ2) is 6.12. The van der Waals surface area contributed by atoms with Crippen molar-refractivity contribution in [1.82, 2.24) is 25.3 Å². The topological polar surface area (TPSA) is 64.9 Å². The lowest BCUT2D eigenvalue weighted by Crippen LogP contribution is -2.25. The molecule has 0 spiro atoms. The molecule has 2 rings (SSSR count). The molecule has 1 unspecified atom stereocenters. The van der Waals surface area contributed by atoms with Crippen molar-refractivity contribution in [2.24, 2.45) is 7.05 Å². The molecule has 0 radical (unpaired) electrons. The van der Waals surface area contributed by atoms with Crippen LogP contribution in [0.4, 0.5) is 0 Å². The molecule has 2 aromatic rings. The summed E-state index contributed by atoms with van der Waals surface area (Å²) < 4.78 is 7.79. The van der Waals surface area contributed by atoms with Gasteiger partial charge in [-0.05, 0) is 28.5 Å². The molecule has 0 aromatic carbocycles. The number of pyridine rings is 1. The average molecular weight is 326 g/mol. The van der Waals surface area contributed by atoms with Gasteiger partial charge in [0.25, 0.3) is 0 Å². The molecule has 0 saturated heterocycles. The van der Waals surface area contributed by atoms with Crippen LogP contribution in [0.25, 0.3) is 0 Å². The van der Waals surface area contributed by atoms with Gasteiger partial charge in [0.05, 0.1) is 18.8 Å². The zero-order valence-corrected chi connectivity index (χ0v) is 12.7. The Morgan fingerprint density at radius 1 is 1.53 bits per heavy atom. The number of nitrogens with one attached hydrogen (secondary N) is 1. The molecule has 6 nitrogen and oxygen atoms in total. The quantitative estimate of drug-likeness (QED) is 0.906. The number of halogens is 1. The normalized spacial score (nSPS) is 12.4. The van der Waals surface area contributed by atoms with Crippen LogP contribution in [0.2, 0.25) is 0 Å². The second-order valence-corrected chi connectivity index (χ2v) is 4.73. The Labute approximate surface area is 120 Å².